The summed E-state index contributed by atoms with van der Waals surface area (Å²) in [4.78, 5) is 0. The van der Waals surface area contributed by atoms with Gasteiger partial charge in [-0.3, -0.25) is 0 Å². The summed E-state index contributed by atoms with van der Waals surface area (Å²) in [5.41, 5.74) is 6.65. The molecule has 8 aromatic rings. The van der Waals surface area contributed by atoms with Gasteiger partial charge in [0.05, 0.1) is 0 Å². The molecule has 190 valence electrons. The third-order valence-electron chi connectivity index (χ3n) is 7.39. The first-order valence-corrected chi connectivity index (χ1v) is 15.0. The number of hydrogen-bond donors (Lipinski definition) is 2. The molecule has 0 bridgehead atoms. The van der Waals surface area contributed by atoms with Gasteiger partial charge in [0.15, 0.2) is 0 Å². The molecule has 6 aromatic carbocycles. The van der Waals surface area contributed by atoms with Crippen LogP contribution in [0.25, 0.3) is 51.5 Å². The second-order valence-corrected chi connectivity index (χ2v) is 12.2. The molecule has 0 spiro atoms. The Labute approximate surface area is 240 Å². The molecule has 0 fully saturated rings. The zero-order chi connectivity index (χ0) is 26.5. The van der Waals surface area contributed by atoms with Gasteiger partial charge in [-0.25, -0.2) is 0 Å². The molecule has 0 saturated heterocycles. The Morgan fingerprint density at radius 3 is 1.88 bits per heavy atom. The number of rotatable bonds is 5. The molecule has 40 heavy (non-hydrogen) atoms. The van der Waals surface area contributed by atoms with Crippen LogP contribution >= 0.6 is 22.7 Å². The van der Waals surface area contributed by atoms with Crippen LogP contribution in [0, 0.1) is 0 Å². The van der Waals surface area contributed by atoms with Crippen molar-refractivity contribution in [1.82, 2.24) is 0 Å². The SMILES string of the molecule is c1ccc(-c2cc(Nc3ccc4sc5ccccc5c4c3)cc(Nc3cccc4sc5ccccc5c34)c2)cc1. The number of hydrogen-bond acceptors (Lipinski definition) is 4. The van der Waals surface area contributed by atoms with Gasteiger partial charge in [-0.15, -0.1) is 22.7 Å². The molecular formula is C36H24N2S2. The van der Waals surface area contributed by atoms with Crippen LogP contribution in [-0.2, 0) is 0 Å². The van der Waals surface area contributed by atoms with Crippen molar-refractivity contribution >= 4 is 85.8 Å². The van der Waals surface area contributed by atoms with Crippen molar-refractivity contribution < 1.29 is 0 Å². The second kappa shape index (κ2) is 9.53. The van der Waals surface area contributed by atoms with Gasteiger partial charge in [0.25, 0.3) is 0 Å². The van der Waals surface area contributed by atoms with E-state index in [9.17, 15) is 0 Å². The van der Waals surface area contributed by atoms with E-state index in [1.807, 2.05) is 22.7 Å². The minimum absolute atomic E-state index is 1.05. The molecule has 0 aliphatic carbocycles. The predicted molar refractivity (Wildman–Crippen MR) is 177 cm³/mol. The number of anilines is 4. The molecule has 0 unspecified atom stereocenters. The van der Waals surface area contributed by atoms with E-state index in [-0.39, 0.29) is 0 Å². The average molecular weight is 549 g/mol. The minimum atomic E-state index is 1.05. The molecule has 2 nitrogen and oxygen atoms in total. The summed E-state index contributed by atoms with van der Waals surface area (Å²) in [6.07, 6.45) is 0. The summed E-state index contributed by atoms with van der Waals surface area (Å²) in [7, 11) is 0. The molecule has 0 aliphatic heterocycles. The molecule has 0 radical (unpaired) electrons. The maximum Gasteiger partial charge on any atom is 0.0478 e. The highest BCUT2D eigenvalue weighted by Gasteiger charge is 2.12. The highest BCUT2D eigenvalue weighted by molar-refractivity contribution is 7.26. The fourth-order valence-electron chi connectivity index (χ4n) is 5.57. The van der Waals surface area contributed by atoms with E-state index in [0.29, 0.717) is 0 Å². The Morgan fingerprint density at radius 2 is 1.02 bits per heavy atom. The third-order valence-corrected chi connectivity index (χ3v) is 9.67. The van der Waals surface area contributed by atoms with Gasteiger partial charge in [-0.2, -0.15) is 0 Å². The number of nitrogens with one attached hydrogen (secondary N) is 2. The van der Waals surface area contributed by atoms with Crippen LogP contribution < -0.4 is 10.6 Å². The summed E-state index contributed by atoms with van der Waals surface area (Å²) in [5, 5.41) is 12.7. The lowest BCUT2D eigenvalue weighted by atomic mass is 10.0. The minimum Gasteiger partial charge on any atom is -0.355 e. The van der Waals surface area contributed by atoms with Crippen LogP contribution in [0.1, 0.15) is 0 Å². The Balaban J connectivity index is 1.23. The maximum absolute atomic E-state index is 3.78. The topological polar surface area (TPSA) is 24.1 Å². The van der Waals surface area contributed by atoms with Crippen LogP contribution in [0.4, 0.5) is 22.7 Å². The first-order valence-electron chi connectivity index (χ1n) is 13.3. The van der Waals surface area contributed by atoms with E-state index >= 15 is 0 Å². The molecule has 2 heterocycles. The van der Waals surface area contributed by atoms with Gasteiger partial charge in [-0.05, 0) is 71.8 Å². The molecular weight excluding hydrogens is 525 g/mol. The third kappa shape index (κ3) is 4.10. The first kappa shape index (κ1) is 23.3. The molecule has 2 N–H and O–H groups in total. The van der Waals surface area contributed by atoms with Crippen molar-refractivity contribution in [1.29, 1.82) is 0 Å². The van der Waals surface area contributed by atoms with Crippen molar-refractivity contribution in [2.24, 2.45) is 0 Å². The lowest BCUT2D eigenvalue weighted by Crippen LogP contribution is -1.96. The standard InChI is InChI=1S/C36H24N2S2/c1-2-9-23(10-3-1)24-19-26(37-25-17-18-34-30(22-25)28-11-4-6-14-32(28)39-34)21-27(20-24)38-31-13-8-16-35-36(31)29-12-5-7-15-33(29)40-35/h1-22,37-38H. The first-order chi connectivity index (χ1) is 19.8. The lowest BCUT2D eigenvalue weighted by molar-refractivity contribution is 1.52. The zero-order valence-electron chi connectivity index (χ0n) is 21.5. The monoisotopic (exact) mass is 548 g/mol. The summed E-state index contributed by atoms with van der Waals surface area (Å²) < 4.78 is 5.23. The van der Waals surface area contributed by atoms with Crippen LogP contribution in [-0.4, -0.2) is 0 Å². The Bertz CT molecular complexity index is 2170. The maximum atomic E-state index is 3.78. The van der Waals surface area contributed by atoms with Crippen LogP contribution in [0.15, 0.2) is 133 Å². The Kier molecular flexibility index (Phi) is 5.54. The fraction of sp³-hybridized carbons (Fsp3) is 0. The van der Waals surface area contributed by atoms with Gasteiger partial charge >= 0.3 is 0 Å². The van der Waals surface area contributed by atoms with Crippen LogP contribution in [0.2, 0.25) is 0 Å². The van der Waals surface area contributed by atoms with Crippen molar-refractivity contribution in [2.45, 2.75) is 0 Å². The molecule has 0 aliphatic rings. The summed E-state index contributed by atoms with van der Waals surface area (Å²) in [5.74, 6) is 0. The van der Waals surface area contributed by atoms with Crippen LogP contribution in [0.3, 0.4) is 0 Å². The highest BCUT2D eigenvalue weighted by atomic mass is 32.1. The van der Waals surface area contributed by atoms with E-state index in [0.717, 1.165) is 28.3 Å². The normalized spacial score (nSPS) is 11.5. The van der Waals surface area contributed by atoms with Gasteiger partial charge in [0, 0.05) is 63.1 Å². The fourth-order valence-corrected chi connectivity index (χ4v) is 7.79. The van der Waals surface area contributed by atoms with Crippen molar-refractivity contribution in [3.8, 4) is 11.1 Å². The Hall–Kier alpha value is -4.64. The largest absolute Gasteiger partial charge is 0.355 e. The lowest BCUT2D eigenvalue weighted by Gasteiger charge is -2.15. The number of thiophene rings is 2. The van der Waals surface area contributed by atoms with Gasteiger partial charge in [0.1, 0.15) is 0 Å². The quantitative estimate of drug-likeness (QED) is 0.223. The number of benzene rings is 6. The number of fused-ring (bicyclic) bond motifs is 6. The van der Waals surface area contributed by atoms with Crippen molar-refractivity contribution in [2.75, 3.05) is 10.6 Å². The van der Waals surface area contributed by atoms with Gasteiger partial charge < -0.3 is 10.6 Å². The summed E-state index contributed by atoms with van der Waals surface area (Å²) in [6, 6.07) is 47.8. The van der Waals surface area contributed by atoms with E-state index in [4.69, 9.17) is 0 Å². The molecule has 8 rings (SSSR count). The van der Waals surface area contributed by atoms with Crippen molar-refractivity contribution in [3.05, 3.63) is 133 Å². The van der Waals surface area contributed by atoms with Gasteiger partial charge in [0.2, 0.25) is 0 Å². The van der Waals surface area contributed by atoms with E-state index in [1.165, 1.54) is 45.9 Å². The zero-order valence-corrected chi connectivity index (χ0v) is 23.2. The van der Waals surface area contributed by atoms with E-state index in [1.54, 1.807) is 0 Å². The summed E-state index contributed by atoms with van der Waals surface area (Å²) in [6.45, 7) is 0. The smallest absolute Gasteiger partial charge is 0.0478 e. The predicted octanol–water partition coefficient (Wildman–Crippen LogP) is 11.6. The molecule has 0 atom stereocenters. The van der Waals surface area contributed by atoms with Crippen LogP contribution in [0.5, 0.6) is 0 Å². The molecule has 2 aromatic heterocycles. The highest BCUT2D eigenvalue weighted by Crippen LogP contribution is 2.40. The van der Waals surface area contributed by atoms with Gasteiger partial charge in [-0.1, -0.05) is 72.8 Å². The molecule has 0 saturated carbocycles. The van der Waals surface area contributed by atoms with E-state index in [2.05, 4.69) is 144 Å². The Morgan fingerprint density at radius 1 is 0.375 bits per heavy atom. The summed E-state index contributed by atoms with van der Waals surface area (Å²) >= 11 is 3.69. The molecule has 4 heteroatoms. The molecule has 0 amide bonds. The second-order valence-electron chi connectivity index (χ2n) is 10.0. The van der Waals surface area contributed by atoms with Crippen molar-refractivity contribution in [3.63, 3.8) is 0 Å². The van der Waals surface area contributed by atoms with E-state index < -0.39 is 0 Å². The average Bonchev–Trinajstić information content (AvgIpc) is 3.56.